The number of hydrogen-bond donors (Lipinski definition) is 0. The van der Waals surface area contributed by atoms with Gasteiger partial charge >= 0.3 is 0 Å². The summed E-state index contributed by atoms with van der Waals surface area (Å²) >= 11 is 0. The van der Waals surface area contributed by atoms with Crippen molar-refractivity contribution in [1.82, 2.24) is 0 Å². The van der Waals surface area contributed by atoms with Crippen molar-refractivity contribution in [3.05, 3.63) is 155 Å². The molecule has 0 heterocycles. The van der Waals surface area contributed by atoms with Gasteiger partial charge in [-0.25, -0.2) is 0 Å². The molecule has 6 aromatic carbocycles. The smallest absolute Gasteiger partial charge is 0.0159 e. The second-order valence-corrected chi connectivity index (χ2v) is 12.9. The Morgan fingerprint density at radius 2 is 1.02 bits per heavy atom. The van der Waals surface area contributed by atoms with Crippen LogP contribution in [0, 0.1) is 0 Å². The first-order chi connectivity index (χ1) is 21.0. The average molecular weight is 553 g/mol. The average Bonchev–Trinajstić information content (AvgIpc) is 3.29. The normalized spacial score (nSPS) is 14.9. The molecule has 208 valence electrons. The van der Waals surface area contributed by atoms with E-state index < -0.39 is 0 Å². The largest absolute Gasteiger partial charge is 0.0616 e. The molecular formula is C43H36. The van der Waals surface area contributed by atoms with Crippen molar-refractivity contribution in [2.45, 2.75) is 44.9 Å². The van der Waals surface area contributed by atoms with Crippen molar-refractivity contribution in [1.29, 1.82) is 0 Å². The van der Waals surface area contributed by atoms with Gasteiger partial charge in [-0.15, -0.1) is 0 Å². The van der Waals surface area contributed by atoms with Crippen LogP contribution >= 0.6 is 0 Å². The highest BCUT2D eigenvalue weighted by atomic mass is 14.4. The Balaban J connectivity index is 1.06. The van der Waals surface area contributed by atoms with E-state index in [1.54, 1.807) is 11.1 Å². The van der Waals surface area contributed by atoms with Gasteiger partial charge in [-0.3, -0.25) is 0 Å². The molecular weight excluding hydrogens is 516 g/mol. The lowest BCUT2D eigenvalue weighted by Gasteiger charge is -2.23. The van der Waals surface area contributed by atoms with Gasteiger partial charge in [-0.1, -0.05) is 129 Å². The molecule has 0 amide bonds. The Morgan fingerprint density at radius 3 is 1.77 bits per heavy atom. The van der Waals surface area contributed by atoms with Crippen LogP contribution in [0.5, 0.6) is 0 Å². The third-order valence-electron chi connectivity index (χ3n) is 9.84. The van der Waals surface area contributed by atoms with Crippen molar-refractivity contribution in [2.24, 2.45) is 0 Å². The summed E-state index contributed by atoms with van der Waals surface area (Å²) in [4.78, 5) is 0. The third kappa shape index (κ3) is 4.63. The lowest BCUT2D eigenvalue weighted by Crippen LogP contribution is -2.15. The summed E-state index contributed by atoms with van der Waals surface area (Å²) in [5, 5.41) is 2.55. The minimum Gasteiger partial charge on any atom is -0.0616 e. The van der Waals surface area contributed by atoms with Crippen LogP contribution in [0.25, 0.3) is 56.3 Å². The molecule has 0 saturated heterocycles. The monoisotopic (exact) mass is 552 g/mol. The molecule has 0 N–H and O–H groups in total. The molecule has 6 aromatic rings. The van der Waals surface area contributed by atoms with Crippen LogP contribution in [0.15, 0.2) is 121 Å². The second-order valence-electron chi connectivity index (χ2n) is 12.9. The predicted molar refractivity (Wildman–Crippen MR) is 184 cm³/mol. The lowest BCUT2D eigenvalue weighted by atomic mass is 9.80. The van der Waals surface area contributed by atoms with Crippen LogP contribution in [0.4, 0.5) is 0 Å². The maximum Gasteiger partial charge on any atom is 0.0159 e. The number of hydrogen-bond acceptors (Lipinski definition) is 0. The standard InChI is InChI=1S/C43H36/c1-43(2)41-27-37(33-16-13-29(14-17-33)11-12-30-15-18-31-7-3-5-9-34(31)25-30)21-23-39(41)40-24-22-38(28-42(40)43)36-20-19-32-8-4-6-10-35(32)26-36/h3,5,7,9,11-28H,4,6,8,10H2,1-2H3. The van der Waals surface area contributed by atoms with Gasteiger partial charge in [0.25, 0.3) is 0 Å². The maximum absolute atomic E-state index is 2.45. The van der Waals surface area contributed by atoms with Crippen LogP contribution in [-0.2, 0) is 18.3 Å². The molecule has 2 aliphatic carbocycles. The summed E-state index contributed by atoms with van der Waals surface area (Å²) < 4.78 is 0. The van der Waals surface area contributed by atoms with Crippen molar-refractivity contribution in [3.8, 4) is 33.4 Å². The van der Waals surface area contributed by atoms with E-state index >= 15 is 0 Å². The quantitative estimate of drug-likeness (QED) is 0.191. The van der Waals surface area contributed by atoms with E-state index in [-0.39, 0.29) is 5.41 Å². The van der Waals surface area contributed by atoms with Crippen molar-refractivity contribution in [2.75, 3.05) is 0 Å². The lowest BCUT2D eigenvalue weighted by molar-refractivity contribution is 0.661. The molecule has 0 nitrogen and oxygen atoms in total. The Bertz CT molecular complexity index is 2030. The van der Waals surface area contributed by atoms with Crippen LogP contribution < -0.4 is 0 Å². The maximum atomic E-state index is 2.45. The molecule has 0 spiro atoms. The number of fused-ring (bicyclic) bond motifs is 5. The number of rotatable bonds is 4. The van der Waals surface area contributed by atoms with Gasteiger partial charge in [0.2, 0.25) is 0 Å². The van der Waals surface area contributed by atoms with E-state index in [1.807, 2.05) is 0 Å². The Kier molecular flexibility index (Phi) is 6.19. The zero-order chi connectivity index (χ0) is 29.0. The topological polar surface area (TPSA) is 0 Å². The van der Waals surface area contributed by atoms with E-state index in [0.29, 0.717) is 0 Å². The predicted octanol–water partition coefficient (Wildman–Crippen LogP) is 11.5. The highest BCUT2D eigenvalue weighted by Crippen LogP contribution is 2.50. The Labute approximate surface area is 255 Å². The zero-order valence-electron chi connectivity index (χ0n) is 25.0. The number of benzene rings is 6. The minimum absolute atomic E-state index is 0.0482. The van der Waals surface area contributed by atoms with Gasteiger partial charge < -0.3 is 0 Å². The molecule has 43 heavy (non-hydrogen) atoms. The first kappa shape index (κ1) is 26.0. The second kappa shape index (κ2) is 10.2. The molecule has 0 fully saturated rings. The Hall–Kier alpha value is -4.68. The van der Waals surface area contributed by atoms with Gasteiger partial charge in [-0.05, 0) is 121 Å². The third-order valence-corrected chi connectivity index (χ3v) is 9.84. The van der Waals surface area contributed by atoms with E-state index in [2.05, 4.69) is 147 Å². The van der Waals surface area contributed by atoms with Gasteiger partial charge in [0, 0.05) is 5.41 Å². The van der Waals surface area contributed by atoms with Gasteiger partial charge in [0.05, 0.1) is 0 Å². The van der Waals surface area contributed by atoms with E-state index in [1.165, 1.54) is 92.1 Å². The van der Waals surface area contributed by atoms with Crippen LogP contribution in [0.2, 0.25) is 0 Å². The zero-order valence-corrected chi connectivity index (χ0v) is 25.0. The molecule has 8 rings (SSSR count). The summed E-state index contributed by atoms with van der Waals surface area (Å²) in [5.74, 6) is 0. The summed E-state index contributed by atoms with van der Waals surface area (Å²) in [5.41, 5.74) is 16.3. The van der Waals surface area contributed by atoms with E-state index in [4.69, 9.17) is 0 Å². The Morgan fingerprint density at radius 1 is 0.465 bits per heavy atom. The highest BCUT2D eigenvalue weighted by Gasteiger charge is 2.35. The highest BCUT2D eigenvalue weighted by molar-refractivity contribution is 5.87. The first-order valence-corrected chi connectivity index (χ1v) is 15.7. The minimum atomic E-state index is -0.0482. The molecule has 0 bridgehead atoms. The molecule has 2 aliphatic rings. The van der Waals surface area contributed by atoms with Crippen molar-refractivity contribution < 1.29 is 0 Å². The molecule has 0 atom stereocenters. The van der Waals surface area contributed by atoms with Crippen LogP contribution in [-0.4, -0.2) is 0 Å². The van der Waals surface area contributed by atoms with Crippen LogP contribution in [0.3, 0.4) is 0 Å². The fourth-order valence-electron chi connectivity index (χ4n) is 7.30. The van der Waals surface area contributed by atoms with E-state index in [9.17, 15) is 0 Å². The molecule has 0 aromatic heterocycles. The van der Waals surface area contributed by atoms with Crippen LogP contribution in [0.1, 0.15) is 60.1 Å². The molecule has 0 unspecified atom stereocenters. The molecule has 0 saturated carbocycles. The molecule has 0 heteroatoms. The molecule has 0 aliphatic heterocycles. The first-order valence-electron chi connectivity index (χ1n) is 15.7. The van der Waals surface area contributed by atoms with E-state index in [0.717, 1.165) is 0 Å². The summed E-state index contributed by atoms with van der Waals surface area (Å²) in [6.07, 6.45) is 9.50. The van der Waals surface area contributed by atoms with Crippen molar-refractivity contribution in [3.63, 3.8) is 0 Å². The van der Waals surface area contributed by atoms with Gasteiger partial charge in [0.1, 0.15) is 0 Å². The number of aryl methyl sites for hydroxylation is 2. The summed E-state index contributed by atoms with van der Waals surface area (Å²) in [6, 6.07) is 45.5. The summed E-state index contributed by atoms with van der Waals surface area (Å²) in [6.45, 7) is 4.78. The fraction of sp³-hybridized carbons (Fsp3) is 0.163. The summed E-state index contributed by atoms with van der Waals surface area (Å²) in [7, 11) is 0. The SMILES string of the molecule is CC1(C)c2cc(-c3ccc(C=Cc4ccc5ccccc5c4)cc3)ccc2-c2ccc(-c3ccc4c(c3)CCCC4)cc21. The van der Waals surface area contributed by atoms with Gasteiger partial charge in [-0.2, -0.15) is 0 Å². The molecule has 0 radical (unpaired) electrons. The van der Waals surface area contributed by atoms with Crippen molar-refractivity contribution >= 4 is 22.9 Å². The fourth-order valence-corrected chi connectivity index (χ4v) is 7.30. The van der Waals surface area contributed by atoms with Gasteiger partial charge in [0.15, 0.2) is 0 Å².